The number of carbonyl (C=O) groups excluding carboxylic acids is 1. The van der Waals surface area contributed by atoms with Crippen LogP contribution in [-0.2, 0) is 11.2 Å². The SMILES string of the molecule is Cc1cccc(OCC(O)CNC(=O)Cc2ccc(N)cc2)c1. The molecule has 1 atom stereocenters. The summed E-state index contributed by atoms with van der Waals surface area (Å²) in [7, 11) is 0. The summed E-state index contributed by atoms with van der Waals surface area (Å²) in [5.41, 5.74) is 8.23. The van der Waals surface area contributed by atoms with E-state index in [0.717, 1.165) is 11.1 Å². The zero-order chi connectivity index (χ0) is 16.7. The molecule has 0 fully saturated rings. The maximum absolute atomic E-state index is 11.8. The molecule has 1 unspecified atom stereocenters. The van der Waals surface area contributed by atoms with Crippen molar-refractivity contribution in [2.45, 2.75) is 19.4 Å². The number of nitrogen functional groups attached to an aromatic ring is 1. The second-order valence-corrected chi connectivity index (χ2v) is 5.50. The molecule has 2 aromatic rings. The van der Waals surface area contributed by atoms with Crippen LogP contribution < -0.4 is 15.8 Å². The van der Waals surface area contributed by atoms with Crippen molar-refractivity contribution in [2.75, 3.05) is 18.9 Å². The molecule has 0 aromatic heterocycles. The normalized spacial score (nSPS) is 11.7. The highest BCUT2D eigenvalue weighted by Gasteiger charge is 2.09. The number of aliphatic hydroxyl groups excluding tert-OH is 1. The van der Waals surface area contributed by atoms with Crippen LogP contribution >= 0.6 is 0 Å². The molecule has 0 saturated heterocycles. The predicted octanol–water partition coefficient (Wildman–Crippen LogP) is 1.68. The molecule has 0 spiro atoms. The van der Waals surface area contributed by atoms with Crippen LogP contribution in [0.2, 0.25) is 0 Å². The molecule has 2 rings (SSSR count). The number of amides is 1. The number of anilines is 1. The fraction of sp³-hybridized carbons (Fsp3) is 0.278. The molecule has 5 nitrogen and oxygen atoms in total. The van der Waals surface area contributed by atoms with Crippen LogP contribution in [0, 0.1) is 6.92 Å². The lowest BCUT2D eigenvalue weighted by molar-refractivity contribution is -0.121. The summed E-state index contributed by atoms with van der Waals surface area (Å²) in [4.78, 5) is 11.8. The Kier molecular flexibility index (Phi) is 6.00. The van der Waals surface area contributed by atoms with Crippen LogP contribution in [0.25, 0.3) is 0 Å². The number of aliphatic hydroxyl groups is 1. The van der Waals surface area contributed by atoms with Gasteiger partial charge in [-0.3, -0.25) is 4.79 Å². The standard InChI is InChI=1S/C18H22N2O3/c1-13-3-2-4-17(9-13)23-12-16(21)11-20-18(22)10-14-5-7-15(19)8-6-14/h2-9,16,21H,10-12,19H2,1H3,(H,20,22). The van der Waals surface area contributed by atoms with E-state index in [2.05, 4.69) is 5.32 Å². The summed E-state index contributed by atoms with van der Waals surface area (Å²) in [5, 5.41) is 12.6. The van der Waals surface area contributed by atoms with Gasteiger partial charge in [-0.1, -0.05) is 24.3 Å². The first-order valence-electron chi connectivity index (χ1n) is 7.51. The summed E-state index contributed by atoms with van der Waals surface area (Å²) >= 11 is 0. The fourth-order valence-electron chi connectivity index (χ4n) is 2.07. The predicted molar refractivity (Wildman–Crippen MR) is 90.2 cm³/mol. The van der Waals surface area contributed by atoms with Gasteiger partial charge in [0.15, 0.2) is 0 Å². The van der Waals surface area contributed by atoms with Crippen molar-refractivity contribution >= 4 is 11.6 Å². The number of aryl methyl sites for hydroxylation is 1. The van der Waals surface area contributed by atoms with Gasteiger partial charge in [-0.2, -0.15) is 0 Å². The molecule has 4 N–H and O–H groups in total. The third kappa shape index (κ3) is 6.00. The van der Waals surface area contributed by atoms with Crippen LogP contribution in [0.15, 0.2) is 48.5 Å². The Bertz CT molecular complexity index is 641. The van der Waals surface area contributed by atoms with E-state index in [1.165, 1.54) is 0 Å². The van der Waals surface area contributed by atoms with Gasteiger partial charge in [0.25, 0.3) is 0 Å². The Balaban J connectivity index is 1.70. The number of carbonyl (C=O) groups is 1. The van der Waals surface area contributed by atoms with Gasteiger partial charge in [0.2, 0.25) is 5.91 Å². The van der Waals surface area contributed by atoms with Gasteiger partial charge in [-0.05, 0) is 42.3 Å². The lowest BCUT2D eigenvalue weighted by Crippen LogP contribution is -2.36. The van der Waals surface area contributed by atoms with E-state index in [1.54, 1.807) is 12.1 Å². The first-order chi connectivity index (χ1) is 11.0. The maximum atomic E-state index is 11.8. The molecule has 0 aliphatic carbocycles. The summed E-state index contributed by atoms with van der Waals surface area (Å²) < 4.78 is 5.50. The molecule has 0 aliphatic rings. The highest BCUT2D eigenvalue weighted by Crippen LogP contribution is 2.12. The summed E-state index contributed by atoms with van der Waals surface area (Å²) in [6.45, 7) is 2.26. The molecule has 23 heavy (non-hydrogen) atoms. The Morgan fingerprint density at radius 2 is 2.00 bits per heavy atom. The number of nitrogens with one attached hydrogen (secondary N) is 1. The van der Waals surface area contributed by atoms with E-state index in [4.69, 9.17) is 10.5 Å². The minimum Gasteiger partial charge on any atom is -0.491 e. The van der Waals surface area contributed by atoms with Crippen LogP contribution in [0.1, 0.15) is 11.1 Å². The van der Waals surface area contributed by atoms with Crippen molar-refractivity contribution in [1.29, 1.82) is 0 Å². The van der Waals surface area contributed by atoms with Crippen molar-refractivity contribution in [2.24, 2.45) is 0 Å². The van der Waals surface area contributed by atoms with Crippen molar-refractivity contribution in [1.82, 2.24) is 5.32 Å². The molecule has 2 aromatic carbocycles. The van der Waals surface area contributed by atoms with Crippen LogP contribution in [0.5, 0.6) is 5.75 Å². The Labute approximate surface area is 136 Å². The highest BCUT2D eigenvalue weighted by atomic mass is 16.5. The number of rotatable bonds is 7. The number of nitrogens with two attached hydrogens (primary N) is 1. The lowest BCUT2D eigenvalue weighted by Gasteiger charge is -2.13. The van der Waals surface area contributed by atoms with E-state index >= 15 is 0 Å². The molecule has 0 radical (unpaired) electrons. The van der Waals surface area contributed by atoms with Gasteiger partial charge >= 0.3 is 0 Å². The third-order valence-electron chi connectivity index (χ3n) is 3.31. The highest BCUT2D eigenvalue weighted by molar-refractivity contribution is 5.78. The number of ether oxygens (including phenoxy) is 1. The van der Waals surface area contributed by atoms with Crippen LogP contribution in [0.4, 0.5) is 5.69 Å². The Morgan fingerprint density at radius 3 is 2.70 bits per heavy atom. The molecule has 0 aliphatic heterocycles. The molecule has 122 valence electrons. The van der Waals surface area contributed by atoms with E-state index in [0.29, 0.717) is 11.4 Å². The lowest BCUT2D eigenvalue weighted by atomic mass is 10.1. The molecular weight excluding hydrogens is 292 g/mol. The number of hydrogen-bond donors (Lipinski definition) is 3. The van der Waals surface area contributed by atoms with E-state index in [-0.39, 0.29) is 25.5 Å². The fourth-order valence-corrected chi connectivity index (χ4v) is 2.07. The first kappa shape index (κ1) is 16.8. The van der Waals surface area contributed by atoms with E-state index in [1.807, 2.05) is 43.3 Å². The topological polar surface area (TPSA) is 84.6 Å². The van der Waals surface area contributed by atoms with E-state index in [9.17, 15) is 9.90 Å². The van der Waals surface area contributed by atoms with Gasteiger partial charge in [0.05, 0.1) is 6.42 Å². The summed E-state index contributed by atoms with van der Waals surface area (Å²) in [6.07, 6.45) is -0.503. The minimum absolute atomic E-state index is 0.131. The molecule has 0 saturated carbocycles. The van der Waals surface area contributed by atoms with Gasteiger partial charge in [-0.25, -0.2) is 0 Å². The number of hydrogen-bond acceptors (Lipinski definition) is 4. The summed E-state index contributed by atoms with van der Waals surface area (Å²) in [6, 6.07) is 14.7. The molecule has 1 amide bonds. The smallest absolute Gasteiger partial charge is 0.224 e. The second-order valence-electron chi connectivity index (χ2n) is 5.50. The number of benzene rings is 2. The third-order valence-corrected chi connectivity index (χ3v) is 3.31. The summed E-state index contributed by atoms with van der Waals surface area (Å²) in [5.74, 6) is 0.557. The van der Waals surface area contributed by atoms with Crippen LogP contribution in [-0.4, -0.2) is 30.3 Å². The van der Waals surface area contributed by atoms with E-state index < -0.39 is 6.10 Å². The second kappa shape index (κ2) is 8.19. The monoisotopic (exact) mass is 314 g/mol. The zero-order valence-corrected chi connectivity index (χ0v) is 13.2. The van der Waals surface area contributed by atoms with Crippen molar-refractivity contribution < 1.29 is 14.6 Å². The average Bonchev–Trinajstić information content (AvgIpc) is 2.53. The van der Waals surface area contributed by atoms with Gasteiger partial charge < -0.3 is 20.9 Å². The van der Waals surface area contributed by atoms with Crippen molar-refractivity contribution in [3.63, 3.8) is 0 Å². The maximum Gasteiger partial charge on any atom is 0.224 e. The molecular formula is C18H22N2O3. The molecule has 0 bridgehead atoms. The largest absolute Gasteiger partial charge is 0.491 e. The Hall–Kier alpha value is -2.53. The zero-order valence-electron chi connectivity index (χ0n) is 13.2. The molecule has 0 heterocycles. The minimum atomic E-state index is -0.758. The van der Waals surface area contributed by atoms with Gasteiger partial charge in [0, 0.05) is 12.2 Å². The van der Waals surface area contributed by atoms with Gasteiger partial charge in [0.1, 0.15) is 18.5 Å². The first-order valence-corrected chi connectivity index (χ1v) is 7.51. The van der Waals surface area contributed by atoms with Crippen molar-refractivity contribution in [3.05, 3.63) is 59.7 Å². The molecule has 5 heteroatoms. The quantitative estimate of drug-likeness (QED) is 0.679. The van der Waals surface area contributed by atoms with Crippen LogP contribution in [0.3, 0.4) is 0 Å². The Morgan fingerprint density at radius 1 is 1.26 bits per heavy atom. The average molecular weight is 314 g/mol. The van der Waals surface area contributed by atoms with Gasteiger partial charge in [-0.15, -0.1) is 0 Å². The van der Waals surface area contributed by atoms with Crippen molar-refractivity contribution in [3.8, 4) is 5.75 Å².